The van der Waals surface area contributed by atoms with Crippen molar-refractivity contribution in [2.75, 3.05) is 30.8 Å². The lowest BCUT2D eigenvalue weighted by Gasteiger charge is -2.10. The Hall–Kier alpha value is -3.62. The van der Waals surface area contributed by atoms with Gasteiger partial charge in [0.2, 0.25) is 0 Å². The first-order valence-corrected chi connectivity index (χ1v) is 8.82. The topological polar surface area (TPSA) is 106 Å². The van der Waals surface area contributed by atoms with Crippen LogP contribution in [0.5, 0.6) is 5.75 Å². The van der Waals surface area contributed by atoms with Crippen LogP contribution in [0.4, 0.5) is 16.3 Å². The molecule has 0 aliphatic carbocycles. The Balaban J connectivity index is 1.48. The van der Waals surface area contributed by atoms with Crippen LogP contribution in [-0.2, 0) is 0 Å². The fraction of sp³-hybridized carbons (Fsp3) is 0.263. The largest absolute Gasteiger partial charge is 0.497 e. The lowest BCUT2D eigenvalue weighted by molar-refractivity contribution is 0.252. The van der Waals surface area contributed by atoms with Crippen LogP contribution in [0.3, 0.4) is 0 Å². The summed E-state index contributed by atoms with van der Waals surface area (Å²) in [7, 11) is 1.58. The number of methoxy groups -OCH3 is 1. The number of urea groups is 1. The van der Waals surface area contributed by atoms with E-state index >= 15 is 0 Å². The van der Waals surface area contributed by atoms with Crippen LogP contribution in [0, 0.1) is 13.8 Å². The molecule has 0 aliphatic rings. The predicted octanol–water partition coefficient (Wildman–Crippen LogP) is 2.52. The van der Waals surface area contributed by atoms with E-state index in [1.165, 1.54) is 6.33 Å². The van der Waals surface area contributed by atoms with Crippen molar-refractivity contribution in [2.45, 2.75) is 13.8 Å². The van der Waals surface area contributed by atoms with Crippen LogP contribution in [-0.4, -0.2) is 45.7 Å². The minimum atomic E-state index is -0.289. The summed E-state index contributed by atoms with van der Waals surface area (Å²) in [6.07, 6.45) is 3.23. The fourth-order valence-corrected chi connectivity index (χ4v) is 2.55. The maximum absolute atomic E-state index is 12.0. The summed E-state index contributed by atoms with van der Waals surface area (Å²) in [6.45, 7) is 4.89. The van der Waals surface area contributed by atoms with E-state index in [2.05, 4.69) is 30.9 Å². The number of benzene rings is 1. The number of nitrogens with one attached hydrogen (secondary N) is 3. The molecule has 2 amide bonds. The summed E-state index contributed by atoms with van der Waals surface area (Å²) in [5, 5.41) is 8.72. The molecule has 146 valence electrons. The highest BCUT2D eigenvalue weighted by Crippen LogP contribution is 2.16. The lowest BCUT2D eigenvalue weighted by Crippen LogP contribution is -2.32. The second-order valence-electron chi connectivity index (χ2n) is 6.09. The minimum Gasteiger partial charge on any atom is -0.497 e. The first kappa shape index (κ1) is 19.2. The molecular weight excluding hydrogens is 358 g/mol. The van der Waals surface area contributed by atoms with E-state index in [0.29, 0.717) is 30.3 Å². The van der Waals surface area contributed by atoms with Crippen LogP contribution in [0.2, 0.25) is 0 Å². The monoisotopic (exact) mass is 381 g/mol. The van der Waals surface area contributed by atoms with E-state index in [0.717, 1.165) is 17.2 Å². The van der Waals surface area contributed by atoms with Gasteiger partial charge < -0.3 is 20.7 Å². The van der Waals surface area contributed by atoms with Gasteiger partial charge in [-0.05, 0) is 26.0 Å². The standard InChI is InChI=1S/C19H23N7O2/c1-13-14(2)26(12-24-13)18-10-17(22-11-23-18)20-7-8-21-19(27)25-15-5-4-6-16(9-15)28-3/h4-6,9-12H,7-8H2,1-3H3,(H,20,22,23)(H2,21,25,27). The van der Waals surface area contributed by atoms with Gasteiger partial charge in [-0.1, -0.05) is 6.07 Å². The van der Waals surface area contributed by atoms with Crippen molar-refractivity contribution in [3.8, 4) is 11.6 Å². The van der Waals surface area contributed by atoms with E-state index in [9.17, 15) is 4.79 Å². The zero-order valence-corrected chi connectivity index (χ0v) is 16.1. The smallest absolute Gasteiger partial charge is 0.319 e. The predicted molar refractivity (Wildman–Crippen MR) is 107 cm³/mol. The minimum absolute atomic E-state index is 0.289. The number of aromatic nitrogens is 4. The van der Waals surface area contributed by atoms with E-state index < -0.39 is 0 Å². The van der Waals surface area contributed by atoms with E-state index in [4.69, 9.17) is 4.74 Å². The van der Waals surface area contributed by atoms with Gasteiger partial charge in [0.15, 0.2) is 0 Å². The zero-order chi connectivity index (χ0) is 19.9. The molecule has 0 saturated carbocycles. The van der Waals surface area contributed by atoms with Crippen molar-refractivity contribution < 1.29 is 9.53 Å². The van der Waals surface area contributed by atoms with Crippen molar-refractivity contribution in [3.05, 3.63) is 54.4 Å². The van der Waals surface area contributed by atoms with Gasteiger partial charge in [0, 0.05) is 36.6 Å². The van der Waals surface area contributed by atoms with Crippen molar-refractivity contribution in [1.82, 2.24) is 24.8 Å². The van der Waals surface area contributed by atoms with Gasteiger partial charge in [-0.25, -0.2) is 19.7 Å². The number of imidazole rings is 1. The molecule has 28 heavy (non-hydrogen) atoms. The third-order valence-corrected chi connectivity index (χ3v) is 4.20. The number of carbonyl (C=O) groups excluding carboxylic acids is 1. The molecule has 0 fully saturated rings. The number of amides is 2. The Morgan fingerprint density at radius 3 is 2.75 bits per heavy atom. The third kappa shape index (κ3) is 4.76. The van der Waals surface area contributed by atoms with Crippen LogP contribution < -0.4 is 20.7 Å². The van der Waals surface area contributed by atoms with E-state index in [-0.39, 0.29) is 6.03 Å². The number of hydrogen-bond acceptors (Lipinski definition) is 6. The van der Waals surface area contributed by atoms with Crippen LogP contribution >= 0.6 is 0 Å². The van der Waals surface area contributed by atoms with Gasteiger partial charge in [-0.15, -0.1) is 0 Å². The normalized spacial score (nSPS) is 10.4. The number of aryl methyl sites for hydroxylation is 1. The van der Waals surface area contributed by atoms with E-state index in [1.54, 1.807) is 25.6 Å². The molecule has 0 radical (unpaired) electrons. The molecule has 0 bridgehead atoms. The molecule has 0 atom stereocenters. The van der Waals surface area contributed by atoms with Gasteiger partial charge in [0.05, 0.1) is 12.8 Å². The average molecular weight is 381 g/mol. The van der Waals surface area contributed by atoms with Gasteiger partial charge in [0.1, 0.15) is 30.0 Å². The lowest BCUT2D eigenvalue weighted by atomic mass is 10.3. The van der Waals surface area contributed by atoms with Gasteiger partial charge in [-0.2, -0.15) is 0 Å². The Kier molecular flexibility index (Phi) is 6.05. The molecule has 3 aromatic rings. The highest BCUT2D eigenvalue weighted by molar-refractivity contribution is 5.89. The molecule has 9 heteroatoms. The number of nitrogens with zero attached hydrogens (tertiary/aromatic N) is 4. The first-order chi connectivity index (χ1) is 13.6. The van der Waals surface area contributed by atoms with Crippen molar-refractivity contribution in [2.24, 2.45) is 0 Å². The van der Waals surface area contributed by atoms with Gasteiger partial charge in [0.25, 0.3) is 0 Å². The molecule has 1 aromatic carbocycles. The number of carbonyl (C=O) groups is 1. The van der Waals surface area contributed by atoms with Crippen molar-refractivity contribution in [3.63, 3.8) is 0 Å². The Morgan fingerprint density at radius 1 is 1.14 bits per heavy atom. The third-order valence-electron chi connectivity index (χ3n) is 4.20. The van der Waals surface area contributed by atoms with Crippen molar-refractivity contribution >= 4 is 17.5 Å². The average Bonchev–Trinajstić information content (AvgIpc) is 3.04. The highest BCUT2D eigenvalue weighted by Gasteiger charge is 2.07. The van der Waals surface area contributed by atoms with Crippen LogP contribution in [0.25, 0.3) is 5.82 Å². The molecule has 3 rings (SSSR count). The summed E-state index contributed by atoms with van der Waals surface area (Å²) in [5.41, 5.74) is 2.65. The summed E-state index contributed by atoms with van der Waals surface area (Å²) in [4.78, 5) is 24.7. The highest BCUT2D eigenvalue weighted by atomic mass is 16.5. The Bertz CT molecular complexity index is 955. The SMILES string of the molecule is COc1cccc(NC(=O)NCCNc2cc(-n3cnc(C)c3C)ncn2)c1. The van der Waals surface area contributed by atoms with Crippen LogP contribution in [0.1, 0.15) is 11.4 Å². The zero-order valence-electron chi connectivity index (χ0n) is 16.1. The second-order valence-corrected chi connectivity index (χ2v) is 6.09. The molecule has 0 spiro atoms. The van der Waals surface area contributed by atoms with E-state index in [1.807, 2.05) is 36.6 Å². The Labute approximate surface area is 163 Å². The molecule has 3 N–H and O–H groups in total. The number of rotatable bonds is 7. The Morgan fingerprint density at radius 2 is 2.00 bits per heavy atom. The molecular formula is C19H23N7O2. The first-order valence-electron chi connectivity index (χ1n) is 8.82. The number of anilines is 2. The fourth-order valence-electron chi connectivity index (χ4n) is 2.55. The van der Waals surface area contributed by atoms with Gasteiger partial charge >= 0.3 is 6.03 Å². The summed E-state index contributed by atoms with van der Waals surface area (Å²) in [6, 6.07) is 8.72. The number of hydrogen-bond donors (Lipinski definition) is 3. The molecule has 9 nitrogen and oxygen atoms in total. The van der Waals surface area contributed by atoms with Crippen molar-refractivity contribution in [1.29, 1.82) is 0 Å². The molecule has 2 aromatic heterocycles. The molecule has 0 aliphatic heterocycles. The quantitative estimate of drug-likeness (QED) is 0.543. The van der Waals surface area contributed by atoms with Gasteiger partial charge in [-0.3, -0.25) is 4.57 Å². The molecule has 0 unspecified atom stereocenters. The number of ether oxygens (including phenoxy) is 1. The maximum atomic E-state index is 12.0. The summed E-state index contributed by atoms with van der Waals surface area (Å²) >= 11 is 0. The molecule has 0 saturated heterocycles. The summed E-state index contributed by atoms with van der Waals surface area (Å²) < 4.78 is 7.04. The van der Waals surface area contributed by atoms with Crippen LogP contribution in [0.15, 0.2) is 43.0 Å². The summed E-state index contributed by atoms with van der Waals surface area (Å²) in [5.74, 6) is 2.09. The molecule has 2 heterocycles. The second kappa shape index (κ2) is 8.85. The maximum Gasteiger partial charge on any atom is 0.319 e.